The number of carbonyl (C=O) groups excluding carboxylic acids is 1. The number of thioether (sulfide) groups is 1. The van der Waals surface area contributed by atoms with E-state index >= 15 is 0 Å². The molecule has 0 amide bonds. The quantitative estimate of drug-likeness (QED) is 0.269. The van der Waals surface area contributed by atoms with Crippen LogP contribution in [0.25, 0.3) is 0 Å². The van der Waals surface area contributed by atoms with Gasteiger partial charge in [0.05, 0.1) is 12.5 Å². The predicted molar refractivity (Wildman–Crippen MR) is 95.2 cm³/mol. The molecule has 2 aliphatic rings. The van der Waals surface area contributed by atoms with E-state index in [2.05, 4.69) is 19.1 Å². The highest BCUT2D eigenvalue weighted by Gasteiger charge is 2.41. The fourth-order valence-electron chi connectivity index (χ4n) is 3.37. The third-order valence-electron chi connectivity index (χ3n) is 4.78. The standard InChI is InChI=1S/C19H32O2S/c1-2-3-4-5-6-7-8-9-10-11-14-21-19(20)17-15-16-12-13-18(17)22-16/h12-13,16-18H,2-11,14-15H2,1H3. The number of fused-ring (bicyclic) bond motifs is 2. The van der Waals surface area contributed by atoms with Crippen LogP contribution in [0, 0.1) is 5.92 Å². The zero-order valence-corrected chi connectivity index (χ0v) is 14.9. The van der Waals surface area contributed by atoms with Crippen molar-refractivity contribution >= 4 is 17.7 Å². The lowest BCUT2D eigenvalue weighted by Gasteiger charge is -2.15. The Balaban J connectivity index is 1.37. The maximum atomic E-state index is 12.0. The minimum Gasteiger partial charge on any atom is -0.465 e. The zero-order valence-electron chi connectivity index (χ0n) is 14.1. The van der Waals surface area contributed by atoms with Crippen LogP contribution in [0.15, 0.2) is 12.2 Å². The van der Waals surface area contributed by atoms with Gasteiger partial charge in [-0.25, -0.2) is 0 Å². The smallest absolute Gasteiger partial charge is 0.310 e. The van der Waals surface area contributed by atoms with Gasteiger partial charge in [-0.15, -0.1) is 11.8 Å². The summed E-state index contributed by atoms with van der Waals surface area (Å²) in [5, 5.41) is 0.963. The van der Waals surface area contributed by atoms with Gasteiger partial charge in [0.1, 0.15) is 0 Å². The van der Waals surface area contributed by atoms with Gasteiger partial charge in [-0.05, 0) is 12.8 Å². The van der Waals surface area contributed by atoms with Gasteiger partial charge >= 0.3 is 5.97 Å². The minimum atomic E-state index is 0.0419. The Bertz CT molecular complexity index is 353. The third kappa shape index (κ3) is 5.98. The van der Waals surface area contributed by atoms with Crippen LogP contribution in [0.2, 0.25) is 0 Å². The van der Waals surface area contributed by atoms with Crippen LogP contribution in [0.1, 0.15) is 77.6 Å². The molecule has 1 fully saturated rings. The first-order valence-corrected chi connectivity index (χ1v) is 10.3. The fraction of sp³-hybridized carbons (Fsp3) is 0.842. The minimum absolute atomic E-state index is 0.0419. The lowest BCUT2D eigenvalue weighted by atomic mass is 9.95. The third-order valence-corrected chi connectivity index (χ3v) is 6.27. The van der Waals surface area contributed by atoms with Crippen molar-refractivity contribution in [1.82, 2.24) is 0 Å². The number of hydrogen-bond acceptors (Lipinski definition) is 3. The molecule has 3 heteroatoms. The largest absolute Gasteiger partial charge is 0.465 e. The van der Waals surface area contributed by atoms with Gasteiger partial charge in [0.2, 0.25) is 0 Å². The molecule has 22 heavy (non-hydrogen) atoms. The van der Waals surface area contributed by atoms with Crippen LogP contribution in [0.5, 0.6) is 0 Å². The molecule has 0 aromatic heterocycles. The molecule has 2 heterocycles. The Morgan fingerprint density at radius 2 is 1.64 bits per heavy atom. The average molecular weight is 325 g/mol. The topological polar surface area (TPSA) is 26.3 Å². The monoisotopic (exact) mass is 324 g/mol. The summed E-state index contributed by atoms with van der Waals surface area (Å²) in [6, 6.07) is 0. The van der Waals surface area contributed by atoms with Crippen molar-refractivity contribution < 1.29 is 9.53 Å². The maximum absolute atomic E-state index is 12.0. The molecule has 2 nitrogen and oxygen atoms in total. The molecule has 1 saturated heterocycles. The van der Waals surface area contributed by atoms with E-state index in [0.29, 0.717) is 17.1 Å². The van der Waals surface area contributed by atoms with Crippen molar-refractivity contribution in [2.75, 3.05) is 6.61 Å². The highest BCUT2D eigenvalue weighted by Crippen LogP contribution is 2.45. The Kier molecular flexibility index (Phi) is 8.43. The SMILES string of the molecule is CCCCCCCCCCCCOC(=O)C1CC2C=CC1S2. The van der Waals surface area contributed by atoms with Crippen molar-refractivity contribution in [3.8, 4) is 0 Å². The first-order valence-electron chi connectivity index (χ1n) is 9.31. The van der Waals surface area contributed by atoms with Crippen LogP contribution in [0.3, 0.4) is 0 Å². The van der Waals surface area contributed by atoms with Crippen molar-refractivity contribution in [1.29, 1.82) is 0 Å². The van der Waals surface area contributed by atoms with Crippen molar-refractivity contribution in [2.24, 2.45) is 5.92 Å². The highest BCUT2D eigenvalue weighted by molar-refractivity contribution is 8.01. The number of ether oxygens (including phenoxy) is 1. The Hall–Kier alpha value is -0.440. The molecule has 0 radical (unpaired) electrons. The second kappa shape index (κ2) is 10.4. The van der Waals surface area contributed by atoms with Gasteiger partial charge in [-0.3, -0.25) is 4.79 Å². The molecule has 2 rings (SSSR count). The molecule has 126 valence electrons. The molecule has 0 N–H and O–H groups in total. The summed E-state index contributed by atoms with van der Waals surface area (Å²) in [5.41, 5.74) is 0. The molecule has 3 atom stereocenters. The lowest BCUT2D eigenvalue weighted by Crippen LogP contribution is -2.24. The van der Waals surface area contributed by atoms with Gasteiger partial charge in [0.15, 0.2) is 0 Å². The zero-order chi connectivity index (χ0) is 15.6. The first kappa shape index (κ1) is 17.9. The molecule has 0 aliphatic carbocycles. The highest BCUT2D eigenvalue weighted by atomic mass is 32.2. The molecule has 0 saturated carbocycles. The lowest BCUT2D eigenvalue weighted by molar-refractivity contribution is -0.148. The summed E-state index contributed by atoms with van der Waals surface area (Å²) in [6.45, 7) is 2.89. The Morgan fingerprint density at radius 1 is 1.00 bits per heavy atom. The van der Waals surface area contributed by atoms with Gasteiger partial charge in [0, 0.05) is 10.5 Å². The van der Waals surface area contributed by atoms with E-state index in [-0.39, 0.29) is 11.9 Å². The van der Waals surface area contributed by atoms with E-state index in [1.807, 2.05) is 11.8 Å². The summed E-state index contributed by atoms with van der Waals surface area (Å²) in [5.74, 6) is 0.170. The van der Waals surface area contributed by atoms with Crippen molar-refractivity contribution in [3.05, 3.63) is 12.2 Å². The molecule has 3 unspecified atom stereocenters. The maximum Gasteiger partial charge on any atom is 0.310 e. The molecule has 0 aromatic carbocycles. The van der Waals surface area contributed by atoms with E-state index in [1.54, 1.807) is 0 Å². The van der Waals surface area contributed by atoms with Gasteiger partial charge in [-0.2, -0.15) is 0 Å². The number of carbonyl (C=O) groups is 1. The van der Waals surface area contributed by atoms with E-state index in [1.165, 1.54) is 57.8 Å². The Morgan fingerprint density at radius 3 is 2.18 bits per heavy atom. The van der Waals surface area contributed by atoms with E-state index in [9.17, 15) is 4.79 Å². The summed E-state index contributed by atoms with van der Waals surface area (Å²) in [7, 11) is 0. The first-order chi connectivity index (χ1) is 10.8. The molecular formula is C19H32O2S. The van der Waals surface area contributed by atoms with Crippen LogP contribution in [-0.2, 0) is 9.53 Å². The molecule has 0 spiro atoms. The summed E-state index contributed by atoms with van der Waals surface area (Å²) < 4.78 is 5.46. The van der Waals surface area contributed by atoms with E-state index < -0.39 is 0 Å². The van der Waals surface area contributed by atoms with Gasteiger partial charge in [0.25, 0.3) is 0 Å². The number of hydrogen-bond donors (Lipinski definition) is 0. The number of unbranched alkanes of at least 4 members (excludes halogenated alkanes) is 9. The van der Waals surface area contributed by atoms with Gasteiger partial charge in [-0.1, -0.05) is 76.9 Å². The molecule has 2 aliphatic heterocycles. The number of rotatable bonds is 12. The average Bonchev–Trinajstić information content (AvgIpc) is 3.15. The summed E-state index contributed by atoms with van der Waals surface area (Å²) >= 11 is 1.92. The van der Waals surface area contributed by atoms with E-state index in [4.69, 9.17) is 4.74 Å². The second-order valence-electron chi connectivity index (χ2n) is 6.72. The van der Waals surface area contributed by atoms with Crippen LogP contribution in [-0.4, -0.2) is 23.1 Å². The predicted octanol–water partition coefficient (Wildman–Crippen LogP) is 5.51. The normalized spacial score (nSPS) is 25.8. The van der Waals surface area contributed by atoms with Crippen LogP contribution < -0.4 is 0 Å². The number of esters is 1. The molecule has 2 bridgehead atoms. The molecular weight excluding hydrogens is 292 g/mol. The fourth-order valence-corrected chi connectivity index (χ4v) is 4.87. The van der Waals surface area contributed by atoms with Crippen molar-refractivity contribution in [3.63, 3.8) is 0 Å². The summed E-state index contributed by atoms with van der Waals surface area (Å²) in [4.78, 5) is 12.0. The van der Waals surface area contributed by atoms with Crippen molar-refractivity contribution in [2.45, 2.75) is 88.1 Å². The second-order valence-corrected chi connectivity index (χ2v) is 8.14. The summed E-state index contributed by atoms with van der Waals surface area (Å²) in [6.07, 6.45) is 18.6. The van der Waals surface area contributed by atoms with E-state index in [0.717, 1.165) is 12.8 Å². The Labute approximate surface area is 140 Å². The van der Waals surface area contributed by atoms with Gasteiger partial charge < -0.3 is 4.74 Å². The molecule has 0 aromatic rings. The van der Waals surface area contributed by atoms with Crippen LogP contribution >= 0.6 is 11.8 Å². The van der Waals surface area contributed by atoms with Crippen LogP contribution in [0.4, 0.5) is 0 Å².